The van der Waals surface area contributed by atoms with Crippen molar-refractivity contribution in [3.05, 3.63) is 22.9 Å². The van der Waals surface area contributed by atoms with E-state index in [4.69, 9.17) is 0 Å². The van der Waals surface area contributed by atoms with E-state index in [9.17, 15) is 0 Å². The molecule has 0 aromatic carbocycles. The third kappa shape index (κ3) is 5.83. The van der Waals surface area contributed by atoms with Crippen molar-refractivity contribution >= 4 is 8.96 Å². The molecule has 0 saturated carbocycles. The maximum absolute atomic E-state index is 2.67. The second-order valence-corrected chi connectivity index (χ2v) is 8.61. The molecule has 0 unspecified atom stereocenters. The van der Waals surface area contributed by atoms with Crippen molar-refractivity contribution in [2.75, 3.05) is 0 Å². The van der Waals surface area contributed by atoms with Crippen molar-refractivity contribution in [2.24, 2.45) is 0 Å². The maximum Gasteiger partial charge on any atom is 0.134 e. The molecule has 0 aliphatic heterocycles. The quantitative estimate of drug-likeness (QED) is 0.511. The summed E-state index contributed by atoms with van der Waals surface area (Å²) in [5, 5.41) is 0. The van der Waals surface area contributed by atoms with E-state index in [0.717, 1.165) is 6.42 Å². The molecule has 5 heteroatoms. The van der Waals surface area contributed by atoms with Crippen molar-refractivity contribution in [2.45, 2.75) is 59.7 Å². The second-order valence-electron chi connectivity index (χ2n) is 5.91. The maximum atomic E-state index is 2.67. The van der Waals surface area contributed by atoms with Gasteiger partial charge >= 0.3 is 0 Å². The third-order valence-electron chi connectivity index (χ3n) is 3.05. The summed E-state index contributed by atoms with van der Waals surface area (Å²) in [7, 11) is -0.780. The second kappa shape index (κ2) is 8.86. The van der Waals surface area contributed by atoms with E-state index in [1.807, 2.05) is 0 Å². The van der Waals surface area contributed by atoms with Crippen molar-refractivity contribution in [1.82, 2.24) is 4.57 Å². The van der Waals surface area contributed by atoms with E-state index in [1.54, 1.807) is 5.70 Å². The minimum absolute atomic E-state index is 0. The molecule has 0 N–H and O–H groups in total. The smallest absolute Gasteiger partial charge is 0.134 e. The number of hydrogen-bond acceptors (Lipinski definition) is 1. The van der Waals surface area contributed by atoms with Gasteiger partial charge in [-0.15, -0.1) is 0 Å². The first-order valence-electron chi connectivity index (χ1n) is 5.89. The largest absolute Gasteiger partial charge is 1.00 e. The summed E-state index contributed by atoms with van der Waals surface area (Å²) in [6.45, 7) is 16.3. The third-order valence-corrected chi connectivity index (χ3v) is 5.19. The van der Waals surface area contributed by atoms with Crippen molar-refractivity contribution in [3.63, 3.8) is 0 Å². The molecule has 0 atom stereocenters. The summed E-state index contributed by atoms with van der Waals surface area (Å²) in [5.41, 5.74) is 4.82. The van der Waals surface area contributed by atoms with Gasteiger partial charge in [0.15, 0.2) is 0 Å². The van der Waals surface area contributed by atoms with Crippen LogP contribution in [0.15, 0.2) is 22.9 Å². The van der Waals surface area contributed by atoms with E-state index >= 15 is 0 Å². The van der Waals surface area contributed by atoms with Crippen LogP contribution in [-0.2, 0) is 21.7 Å². The van der Waals surface area contributed by atoms with Crippen molar-refractivity contribution in [3.8, 4) is 0 Å². The fourth-order valence-corrected chi connectivity index (χ4v) is 4.91. The van der Waals surface area contributed by atoms with Gasteiger partial charge < -0.3 is 29.4 Å². The van der Waals surface area contributed by atoms with Crippen LogP contribution in [0, 0.1) is 0 Å². The van der Waals surface area contributed by atoms with Crippen LogP contribution in [0.2, 0.25) is 13.1 Å². The molecule has 0 heterocycles. The fraction of sp³-hybridized carbons (Fsp3) is 0.692. The summed E-state index contributed by atoms with van der Waals surface area (Å²) in [6.07, 6.45) is 3.54. The predicted octanol–water partition coefficient (Wildman–Crippen LogP) is -2.30. The molecule has 0 spiro atoms. The monoisotopic (exact) mass is 341 g/mol. The normalized spacial score (nSPS) is 14.6. The fourth-order valence-electron chi connectivity index (χ4n) is 2.53. The van der Waals surface area contributed by atoms with Gasteiger partial charge in [0.25, 0.3) is 0 Å². The van der Waals surface area contributed by atoms with E-state index in [1.165, 1.54) is 11.1 Å². The Bertz CT molecular complexity index is 319. The van der Waals surface area contributed by atoms with Gasteiger partial charge in [0.1, 0.15) is 8.96 Å². The van der Waals surface area contributed by atoms with Crippen LogP contribution in [0.1, 0.15) is 41.0 Å². The van der Waals surface area contributed by atoms with Crippen LogP contribution in [0.5, 0.6) is 0 Å². The Morgan fingerprint density at radius 2 is 1.56 bits per heavy atom. The molecule has 0 aromatic heterocycles. The number of allylic oxidation sites excluding steroid dienone is 3. The minimum Gasteiger partial charge on any atom is -1.00 e. The van der Waals surface area contributed by atoms with Gasteiger partial charge in [0, 0.05) is 39.4 Å². The Kier molecular flexibility index (Phi) is 11.7. The van der Waals surface area contributed by atoms with Crippen molar-refractivity contribution < 1.29 is 46.5 Å². The van der Waals surface area contributed by atoms with Crippen LogP contribution < -0.4 is 24.8 Å². The first kappa shape index (κ1) is 23.9. The molecule has 1 aliphatic carbocycles. The summed E-state index contributed by atoms with van der Waals surface area (Å²) < 4.78 is 2.67. The summed E-state index contributed by atoms with van der Waals surface area (Å²) in [4.78, 5) is 0. The van der Waals surface area contributed by atoms with Crippen LogP contribution in [0.4, 0.5) is 0 Å². The molecule has 18 heavy (non-hydrogen) atoms. The number of hydrogen-bond donors (Lipinski definition) is 0. The number of nitrogens with zero attached hydrogens (tertiary/aromatic N) is 1. The Morgan fingerprint density at radius 3 is 1.78 bits per heavy atom. The van der Waals surface area contributed by atoms with Gasteiger partial charge in [-0.3, -0.25) is 0 Å². The van der Waals surface area contributed by atoms with Gasteiger partial charge in [-0.1, -0.05) is 24.2 Å². The molecule has 1 aliphatic rings. The molecule has 0 saturated heterocycles. The van der Waals surface area contributed by atoms with Crippen LogP contribution >= 0.6 is 0 Å². The molecule has 0 fully saturated rings. The van der Waals surface area contributed by atoms with Crippen LogP contribution in [0.25, 0.3) is 0 Å². The predicted molar refractivity (Wildman–Crippen MR) is 71.5 cm³/mol. The van der Waals surface area contributed by atoms with Crippen molar-refractivity contribution in [1.29, 1.82) is 0 Å². The molecular formula is C13H25Cl2NSiTi-2. The standard InChI is InChI=1S/C13H25NSi.2ClH.Ti/c1-10-8-12(9-11(10)2)14(15(6)7)13(3,4)5;;;/h8,15H,9H2,1-7H3;2*1H;/p-2. The summed E-state index contributed by atoms with van der Waals surface area (Å²) in [5.74, 6) is 0. The molecular weight excluding hydrogens is 317 g/mol. The molecule has 106 valence electrons. The van der Waals surface area contributed by atoms with E-state index in [-0.39, 0.29) is 52.1 Å². The molecule has 0 radical (unpaired) electrons. The summed E-state index contributed by atoms with van der Waals surface area (Å²) in [6, 6.07) is 0. The SMILES string of the molecule is CC1=C(C)CC(N([SiH](C)C)C(C)(C)C)=C1.[Cl-].[Cl-].[Ti]. The zero-order valence-electron chi connectivity index (χ0n) is 12.6. The first-order chi connectivity index (χ1) is 6.73. The Balaban J connectivity index is -0.000000750. The first-order valence-corrected chi connectivity index (χ1v) is 8.72. The van der Waals surface area contributed by atoms with Crippen LogP contribution in [-0.4, -0.2) is 19.1 Å². The van der Waals surface area contributed by atoms with E-state index in [0.29, 0.717) is 0 Å². The summed E-state index contributed by atoms with van der Waals surface area (Å²) >= 11 is 0. The Labute approximate surface area is 142 Å². The molecule has 1 nitrogen and oxygen atoms in total. The Morgan fingerprint density at radius 1 is 1.11 bits per heavy atom. The van der Waals surface area contributed by atoms with Gasteiger partial charge in [-0.05, 0) is 40.7 Å². The average Bonchev–Trinajstić information content (AvgIpc) is 2.27. The molecule has 1 rings (SSSR count). The van der Waals surface area contributed by atoms with E-state index in [2.05, 4.69) is 58.4 Å². The topological polar surface area (TPSA) is 3.24 Å². The minimum atomic E-state index is -0.780. The zero-order valence-corrected chi connectivity index (χ0v) is 16.8. The Hall–Kier alpha value is 0.791. The van der Waals surface area contributed by atoms with Gasteiger partial charge in [-0.25, -0.2) is 0 Å². The van der Waals surface area contributed by atoms with Gasteiger partial charge in [0.2, 0.25) is 0 Å². The van der Waals surface area contributed by atoms with E-state index < -0.39 is 8.96 Å². The van der Waals surface area contributed by atoms with Crippen LogP contribution in [0.3, 0.4) is 0 Å². The van der Waals surface area contributed by atoms with Gasteiger partial charge in [-0.2, -0.15) is 0 Å². The molecule has 0 bridgehead atoms. The number of rotatable bonds is 2. The molecule has 0 aromatic rings. The van der Waals surface area contributed by atoms with Gasteiger partial charge in [0.05, 0.1) is 0 Å². The number of halogens is 2. The zero-order chi connectivity index (χ0) is 11.8. The molecule has 0 amide bonds. The average molecular weight is 342 g/mol.